The minimum Gasteiger partial charge on any atom is -0.455 e. The van der Waals surface area contributed by atoms with Gasteiger partial charge in [0.15, 0.2) is 5.82 Å². The zero-order valence-corrected chi connectivity index (χ0v) is 17.8. The van der Waals surface area contributed by atoms with Gasteiger partial charge in [-0.15, -0.1) is 0 Å². The molecule has 0 saturated heterocycles. The van der Waals surface area contributed by atoms with Gasteiger partial charge in [-0.2, -0.15) is 0 Å². The van der Waals surface area contributed by atoms with Crippen LogP contribution in [0.4, 0.5) is 0 Å². The number of hydrogen-bond donors (Lipinski definition) is 0. The van der Waals surface area contributed by atoms with Crippen molar-refractivity contribution in [1.82, 2.24) is 9.97 Å². The van der Waals surface area contributed by atoms with Gasteiger partial charge < -0.3 is 4.42 Å². The highest BCUT2D eigenvalue weighted by Crippen LogP contribution is 2.37. The molecule has 0 aliphatic heterocycles. The standard InChI is InChI=1S/C28H17ClN2O/c29-26-17-24(30-28(31-26)18-8-2-1-3-9-18)20-11-6-10-19(16-20)21-13-7-14-23-22-12-4-5-15-25(22)32-27(21)23/h1-17H. The van der Waals surface area contributed by atoms with Gasteiger partial charge in [0.25, 0.3) is 0 Å². The van der Waals surface area contributed by atoms with Crippen molar-refractivity contribution in [3.05, 3.63) is 108 Å². The normalized spacial score (nSPS) is 11.3. The third kappa shape index (κ3) is 3.24. The van der Waals surface area contributed by atoms with E-state index in [9.17, 15) is 0 Å². The lowest BCUT2D eigenvalue weighted by Crippen LogP contribution is -1.93. The second-order valence-electron chi connectivity index (χ2n) is 7.63. The van der Waals surface area contributed by atoms with Crippen LogP contribution in [0.5, 0.6) is 0 Å². The molecule has 32 heavy (non-hydrogen) atoms. The van der Waals surface area contributed by atoms with Gasteiger partial charge in [0.2, 0.25) is 0 Å². The number of hydrogen-bond acceptors (Lipinski definition) is 3. The Hall–Kier alpha value is -3.95. The van der Waals surface area contributed by atoms with E-state index in [0.717, 1.165) is 49.9 Å². The first-order valence-electron chi connectivity index (χ1n) is 10.4. The topological polar surface area (TPSA) is 38.9 Å². The largest absolute Gasteiger partial charge is 0.455 e. The van der Waals surface area contributed by atoms with E-state index in [-0.39, 0.29) is 0 Å². The third-order valence-corrected chi connectivity index (χ3v) is 5.79. The quantitative estimate of drug-likeness (QED) is 0.266. The monoisotopic (exact) mass is 432 g/mol. The summed E-state index contributed by atoms with van der Waals surface area (Å²) < 4.78 is 6.23. The van der Waals surface area contributed by atoms with Gasteiger partial charge in [-0.3, -0.25) is 0 Å². The number of halogens is 1. The molecule has 0 N–H and O–H groups in total. The molecule has 0 atom stereocenters. The molecule has 0 radical (unpaired) electrons. The maximum Gasteiger partial charge on any atom is 0.161 e. The smallest absolute Gasteiger partial charge is 0.161 e. The van der Waals surface area contributed by atoms with Gasteiger partial charge in [0, 0.05) is 33.5 Å². The third-order valence-electron chi connectivity index (χ3n) is 5.60. The van der Waals surface area contributed by atoms with E-state index in [1.807, 2.05) is 60.7 Å². The molecule has 3 nitrogen and oxygen atoms in total. The van der Waals surface area contributed by atoms with Crippen molar-refractivity contribution in [2.24, 2.45) is 0 Å². The molecule has 0 unspecified atom stereocenters. The molecule has 4 aromatic carbocycles. The Morgan fingerprint density at radius 3 is 2.22 bits per heavy atom. The van der Waals surface area contributed by atoms with Crippen molar-refractivity contribution in [3.63, 3.8) is 0 Å². The van der Waals surface area contributed by atoms with Crippen LogP contribution in [-0.4, -0.2) is 9.97 Å². The Kier molecular flexibility index (Phi) is 4.48. The van der Waals surface area contributed by atoms with Crippen molar-refractivity contribution >= 4 is 33.5 Å². The molecule has 0 fully saturated rings. The molecule has 0 spiro atoms. The predicted molar refractivity (Wildman–Crippen MR) is 131 cm³/mol. The highest BCUT2D eigenvalue weighted by atomic mass is 35.5. The van der Waals surface area contributed by atoms with Gasteiger partial charge in [-0.1, -0.05) is 96.5 Å². The van der Waals surface area contributed by atoms with Gasteiger partial charge in [0.1, 0.15) is 16.3 Å². The molecule has 6 aromatic rings. The Morgan fingerprint density at radius 2 is 1.31 bits per heavy atom. The number of fused-ring (bicyclic) bond motifs is 3. The summed E-state index contributed by atoms with van der Waals surface area (Å²) >= 11 is 6.36. The fourth-order valence-corrected chi connectivity index (χ4v) is 4.29. The Balaban J connectivity index is 1.50. The Labute approximate surface area is 190 Å². The molecular weight excluding hydrogens is 416 g/mol. The summed E-state index contributed by atoms with van der Waals surface area (Å²) in [6.07, 6.45) is 0. The predicted octanol–water partition coefficient (Wildman–Crippen LogP) is 8.03. The number of benzene rings is 4. The average molecular weight is 433 g/mol. The zero-order valence-electron chi connectivity index (χ0n) is 17.0. The van der Waals surface area contributed by atoms with Crippen molar-refractivity contribution in [2.75, 3.05) is 0 Å². The average Bonchev–Trinajstić information content (AvgIpc) is 3.23. The second kappa shape index (κ2) is 7.63. The van der Waals surface area contributed by atoms with Crippen LogP contribution in [0.15, 0.2) is 108 Å². The lowest BCUT2D eigenvalue weighted by Gasteiger charge is -2.08. The summed E-state index contributed by atoms with van der Waals surface area (Å²) in [5, 5.41) is 2.65. The zero-order chi connectivity index (χ0) is 21.5. The van der Waals surface area contributed by atoms with E-state index in [0.29, 0.717) is 11.0 Å². The van der Waals surface area contributed by atoms with Gasteiger partial charge in [-0.25, -0.2) is 9.97 Å². The molecule has 0 bridgehead atoms. The van der Waals surface area contributed by atoms with Crippen LogP contribution in [0, 0.1) is 0 Å². The van der Waals surface area contributed by atoms with Crippen LogP contribution in [0.25, 0.3) is 55.7 Å². The summed E-state index contributed by atoms with van der Waals surface area (Å²) in [7, 11) is 0. The van der Waals surface area contributed by atoms with E-state index < -0.39 is 0 Å². The molecule has 2 aromatic heterocycles. The van der Waals surface area contributed by atoms with Crippen molar-refractivity contribution in [3.8, 4) is 33.8 Å². The van der Waals surface area contributed by atoms with Gasteiger partial charge in [0.05, 0.1) is 5.69 Å². The SMILES string of the molecule is Clc1cc(-c2cccc(-c3cccc4c3oc3ccccc34)c2)nc(-c2ccccc2)n1. The second-order valence-corrected chi connectivity index (χ2v) is 8.01. The fourth-order valence-electron chi connectivity index (χ4n) is 4.10. The summed E-state index contributed by atoms with van der Waals surface area (Å²) in [6.45, 7) is 0. The highest BCUT2D eigenvalue weighted by Gasteiger charge is 2.13. The number of furan rings is 1. The number of rotatable bonds is 3. The van der Waals surface area contributed by atoms with E-state index in [2.05, 4.69) is 41.4 Å². The Morgan fingerprint density at radius 1 is 0.594 bits per heavy atom. The van der Waals surface area contributed by atoms with Crippen molar-refractivity contribution < 1.29 is 4.42 Å². The number of aromatic nitrogens is 2. The van der Waals surface area contributed by atoms with E-state index in [4.69, 9.17) is 21.0 Å². The summed E-state index contributed by atoms with van der Waals surface area (Å²) in [5.41, 5.74) is 6.56. The number of para-hydroxylation sites is 2. The maximum absolute atomic E-state index is 6.36. The van der Waals surface area contributed by atoms with Crippen molar-refractivity contribution in [1.29, 1.82) is 0 Å². The lowest BCUT2D eigenvalue weighted by atomic mass is 9.99. The first kappa shape index (κ1) is 18.8. The molecule has 4 heteroatoms. The van der Waals surface area contributed by atoms with Gasteiger partial charge >= 0.3 is 0 Å². The van der Waals surface area contributed by atoms with Crippen LogP contribution >= 0.6 is 11.6 Å². The lowest BCUT2D eigenvalue weighted by molar-refractivity contribution is 0.670. The van der Waals surface area contributed by atoms with Crippen molar-refractivity contribution in [2.45, 2.75) is 0 Å². The molecule has 0 aliphatic rings. The molecule has 0 aliphatic carbocycles. The van der Waals surface area contributed by atoms with Crippen LogP contribution in [-0.2, 0) is 0 Å². The molecule has 6 rings (SSSR count). The van der Waals surface area contributed by atoms with Crippen LogP contribution in [0.2, 0.25) is 5.15 Å². The van der Waals surface area contributed by atoms with E-state index in [1.54, 1.807) is 6.07 Å². The summed E-state index contributed by atoms with van der Waals surface area (Å²) in [6, 6.07) is 34.3. The molecular formula is C28H17ClN2O. The summed E-state index contributed by atoms with van der Waals surface area (Å²) in [4.78, 5) is 9.20. The molecule has 0 amide bonds. The first-order valence-corrected chi connectivity index (χ1v) is 10.8. The fraction of sp³-hybridized carbons (Fsp3) is 0. The van der Waals surface area contributed by atoms with Crippen LogP contribution < -0.4 is 0 Å². The van der Waals surface area contributed by atoms with Crippen LogP contribution in [0.3, 0.4) is 0 Å². The molecule has 2 heterocycles. The molecule has 152 valence electrons. The minimum atomic E-state index is 0.415. The number of nitrogens with zero attached hydrogens (tertiary/aromatic N) is 2. The summed E-state index contributed by atoms with van der Waals surface area (Å²) in [5.74, 6) is 0.609. The van der Waals surface area contributed by atoms with Crippen LogP contribution in [0.1, 0.15) is 0 Å². The van der Waals surface area contributed by atoms with E-state index >= 15 is 0 Å². The van der Waals surface area contributed by atoms with Gasteiger partial charge in [-0.05, 0) is 17.7 Å². The maximum atomic E-state index is 6.36. The first-order chi connectivity index (χ1) is 15.8. The minimum absolute atomic E-state index is 0.415. The highest BCUT2D eigenvalue weighted by molar-refractivity contribution is 6.29. The Bertz CT molecular complexity index is 1590. The van der Waals surface area contributed by atoms with E-state index in [1.165, 1.54) is 0 Å². The molecule has 0 saturated carbocycles.